The lowest BCUT2D eigenvalue weighted by Gasteiger charge is -2.34. The van der Waals surface area contributed by atoms with Gasteiger partial charge >= 0.3 is 0 Å². The monoisotopic (exact) mass is 550 g/mol. The number of hydrogen-bond donors (Lipinski definition) is 0. The van der Waals surface area contributed by atoms with Gasteiger partial charge in [-0.25, -0.2) is 18.4 Å². The molecule has 1 aliphatic carbocycles. The van der Waals surface area contributed by atoms with Crippen molar-refractivity contribution in [2.45, 2.75) is 51.1 Å². The van der Waals surface area contributed by atoms with E-state index in [0.717, 1.165) is 59.9 Å². The van der Waals surface area contributed by atoms with E-state index in [-0.39, 0.29) is 10.3 Å². The Kier molecular flexibility index (Phi) is 7.33. The van der Waals surface area contributed by atoms with E-state index in [1.54, 1.807) is 12.1 Å². The Hall–Kier alpha value is -3.17. The van der Waals surface area contributed by atoms with Crippen molar-refractivity contribution in [2.24, 2.45) is 5.41 Å². The van der Waals surface area contributed by atoms with E-state index in [4.69, 9.17) is 19.4 Å². The fourth-order valence-electron chi connectivity index (χ4n) is 5.49. The second-order valence-corrected chi connectivity index (χ2v) is 13.7. The van der Waals surface area contributed by atoms with Crippen molar-refractivity contribution < 1.29 is 17.9 Å². The van der Waals surface area contributed by atoms with Crippen molar-refractivity contribution in [3.05, 3.63) is 59.0 Å². The number of benzene rings is 2. The van der Waals surface area contributed by atoms with Gasteiger partial charge in [-0.3, -0.25) is 0 Å². The second kappa shape index (κ2) is 10.4. The topological polar surface area (TPSA) is 84.9 Å². The third-order valence-corrected chi connectivity index (χ3v) is 8.62. The minimum Gasteiger partial charge on any atom is -0.495 e. The van der Waals surface area contributed by atoms with Crippen LogP contribution in [0.2, 0.25) is 0 Å². The molecule has 1 aromatic heterocycles. The summed E-state index contributed by atoms with van der Waals surface area (Å²) in [6, 6.07) is 11.3. The normalized spacial score (nSPS) is 16.7. The molecule has 0 atom stereocenters. The Morgan fingerprint density at radius 3 is 2.56 bits per heavy atom. The van der Waals surface area contributed by atoms with Crippen molar-refractivity contribution >= 4 is 15.7 Å². The highest BCUT2D eigenvalue weighted by atomic mass is 32.2. The van der Waals surface area contributed by atoms with Crippen molar-refractivity contribution in [2.75, 3.05) is 45.5 Å². The summed E-state index contributed by atoms with van der Waals surface area (Å²) in [5, 5.41) is 0. The minimum absolute atomic E-state index is 0.180. The van der Waals surface area contributed by atoms with Crippen LogP contribution < -0.4 is 14.4 Å². The van der Waals surface area contributed by atoms with E-state index in [0.29, 0.717) is 25.4 Å². The molecule has 0 fully saturated rings. The lowest BCUT2D eigenvalue weighted by molar-refractivity contribution is 0.308. The van der Waals surface area contributed by atoms with Crippen LogP contribution in [0.5, 0.6) is 11.5 Å². The number of fused-ring (bicyclic) bond motifs is 2. The molecule has 39 heavy (non-hydrogen) atoms. The largest absolute Gasteiger partial charge is 0.495 e. The maximum atomic E-state index is 12.4. The van der Waals surface area contributed by atoms with Gasteiger partial charge in [0.1, 0.15) is 34.6 Å². The zero-order valence-electron chi connectivity index (χ0n) is 23.7. The van der Waals surface area contributed by atoms with Crippen LogP contribution in [0, 0.1) is 5.41 Å². The van der Waals surface area contributed by atoms with Gasteiger partial charge in [0.25, 0.3) is 0 Å². The average Bonchev–Trinajstić information content (AvgIpc) is 3.09. The summed E-state index contributed by atoms with van der Waals surface area (Å²) in [5.41, 5.74) is 5.39. The van der Waals surface area contributed by atoms with Crippen molar-refractivity contribution in [1.29, 1.82) is 0 Å². The van der Waals surface area contributed by atoms with Gasteiger partial charge in [0.05, 0.1) is 20.2 Å². The summed E-state index contributed by atoms with van der Waals surface area (Å²) in [6.45, 7) is 7.24. The fourth-order valence-corrected chi connectivity index (χ4v) is 6.35. The van der Waals surface area contributed by atoms with Crippen LogP contribution in [0.4, 0.5) is 5.82 Å². The Bertz CT molecular complexity index is 1500. The van der Waals surface area contributed by atoms with E-state index in [1.165, 1.54) is 24.6 Å². The van der Waals surface area contributed by atoms with E-state index < -0.39 is 9.84 Å². The molecular formula is C30H38N4O4S. The summed E-state index contributed by atoms with van der Waals surface area (Å²) in [4.78, 5) is 14.7. The fraction of sp³-hybridized carbons (Fsp3) is 0.467. The first-order valence-electron chi connectivity index (χ1n) is 13.4. The summed E-state index contributed by atoms with van der Waals surface area (Å²) in [5.74, 6) is 3.04. The molecule has 2 aliphatic rings. The van der Waals surface area contributed by atoms with Gasteiger partial charge in [0.2, 0.25) is 0 Å². The molecule has 1 aliphatic heterocycles. The van der Waals surface area contributed by atoms with Crippen LogP contribution in [-0.4, -0.2) is 63.9 Å². The Morgan fingerprint density at radius 1 is 1.10 bits per heavy atom. The number of ether oxygens (including phenoxy) is 2. The van der Waals surface area contributed by atoms with E-state index in [1.807, 2.05) is 32.3 Å². The molecule has 0 N–H and O–H groups in total. The smallest absolute Gasteiger partial charge is 0.179 e. The molecule has 0 unspecified atom stereocenters. The molecule has 0 radical (unpaired) electrons. The van der Waals surface area contributed by atoms with Crippen LogP contribution in [0.25, 0.3) is 11.1 Å². The van der Waals surface area contributed by atoms with Crippen molar-refractivity contribution in [1.82, 2.24) is 14.9 Å². The Labute approximate surface area is 231 Å². The zero-order chi connectivity index (χ0) is 27.9. The SMILES string of the molecule is COc1ccc(-c2ccc3c(c2)CN(c2nc(CN(C)C)nc4c2CC(C)(C)CC4)CCO3)cc1S(C)(=O)=O. The van der Waals surface area contributed by atoms with Gasteiger partial charge in [-0.15, -0.1) is 0 Å². The van der Waals surface area contributed by atoms with Gasteiger partial charge in [-0.1, -0.05) is 26.0 Å². The van der Waals surface area contributed by atoms with Gasteiger partial charge in [0, 0.05) is 29.6 Å². The number of aromatic nitrogens is 2. The quantitative estimate of drug-likeness (QED) is 0.443. The Balaban J connectivity index is 1.55. The molecule has 0 spiro atoms. The number of rotatable bonds is 6. The third-order valence-electron chi connectivity index (χ3n) is 7.51. The maximum Gasteiger partial charge on any atom is 0.179 e. The Morgan fingerprint density at radius 2 is 1.85 bits per heavy atom. The van der Waals surface area contributed by atoms with Gasteiger partial charge in [0.15, 0.2) is 9.84 Å². The van der Waals surface area contributed by atoms with Crippen LogP contribution in [-0.2, 0) is 35.8 Å². The molecule has 2 heterocycles. The standard InChI is InChI=1S/C30H38N4O4S/c1-30(2)12-11-24-23(17-30)29(32-28(31-24)19-33(3)4)34-13-14-38-25-9-7-20(15-22(25)18-34)21-8-10-26(37-5)27(16-21)39(6,35)36/h7-10,15-16H,11-14,17-19H2,1-6H3. The van der Waals surface area contributed by atoms with Gasteiger partial charge in [-0.05, 0) is 74.2 Å². The number of methoxy groups -OCH3 is 1. The van der Waals surface area contributed by atoms with Gasteiger partial charge < -0.3 is 19.3 Å². The summed E-state index contributed by atoms with van der Waals surface area (Å²) in [6.07, 6.45) is 4.23. The van der Waals surface area contributed by atoms with Crippen molar-refractivity contribution in [3.63, 3.8) is 0 Å². The van der Waals surface area contributed by atoms with E-state index >= 15 is 0 Å². The lowest BCUT2D eigenvalue weighted by Crippen LogP contribution is -2.32. The van der Waals surface area contributed by atoms with Crippen LogP contribution in [0.3, 0.4) is 0 Å². The highest BCUT2D eigenvalue weighted by Crippen LogP contribution is 2.39. The molecule has 3 aromatic rings. The molecule has 0 amide bonds. The molecule has 9 heteroatoms. The number of hydrogen-bond acceptors (Lipinski definition) is 8. The van der Waals surface area contributed by atoms with Crippen LogP contribution >= 0.6 is 0 Å². The molecule has 5 rings (SSSR count). The number of nitrogens with zero attached hydrogens (tertiary/aromatic N) is 4. The second-order valence-electron chi connectivity index (χ2n) is 11.7. The zero-order valence-corrected chi connectivity index (χ0v) is 24.6. The number of aryl methyl sites for hydroxylation is 1. The summed E-state index contributed by atoms with van der Waals surface area (Å²) >= 11 is 0. The number of anilines is 1. The first-order chi connectivity index (χ1) is 18.4. The lowest BCUT2D eigenvalue weighted by atomic mass is 9.76. The first kappa shape index (κ1) is 27.4. The highest BCUT2D eigenvalue weighted by molar-refractivity contribution is 7.90. The molecular weight excluding hydrogens is 512 g/mol. The summed E-state index contributed by atoms with van der Waals surface area (Å²) < 4.78 is 36.3. The molecule has 0 bridgehead atoms. The third kappa shape index (κ3) is 5.89. The molecule has 8 nitrogen and oxygen atoms in total. The van der Waals surface area contributed by atoms with Gasteiger partial charge in [-0.2, -0.15) is 0 Å². The highest BCUT2D eigenvalue weighted by Gasteiger charge is 2.31. The number of sulfone groups is 1. The predicted octanol–water partition coefficient (Wildman–Crippen LogP) is 4.53. The molecule has 208 valence electrons. The van der Waals surface area contributed by atoms with E-state index in [2.05, 4.69) is 29.7 Å². The molecule has 0 saturated carbocycles. The van der Waals surface area contributed by atoms with Crippen LogP contribution in [0.15, 0.2) is 41.3 Å². The van der Waals surface area contributed by atoms with Crippen molar-refractivity contribution in [3.8, 4) is 22.6 Å². The molecule has 0 saturated heterocycles. The first-order valence-corrected chi connectivity index (χ1v) is 15.3. The maximum absolute atomic E-state index is 12.4. The predicted molar refractivity (Wildman–Crippen MR) is 153 cm³/mol. The average molecular weight is 551 g/mol. The molecule has 2 aromatic carbocycles. The summed E-state index contributed by atoms with van der Waals surface area (Å²) in [7, 11) is 2.11. The van der Waals surface area contributed by atoms with E-state index in [9.17, 15) is 8.42 Å². The van der Waals surface area contributed by atoms with Crippen LogP contribution in [0.1, 0.15) is 42.9 Å². The minimum atomic E-state index is -3.45.